The van der Waals surface area contributed by atoms with Crippen molar-refractivity contribution in [2.45, 2.75) is 4.90 Å². The fourth-order valence-corrected chi connectivity index (χ4v) is 2.98. The molecule has 2 aromatic rings. The van der Waals surface area contributed by atoms with Gasteiger partial charge in [-0.25, -0.2) is 4.98 Å². The van der Waals surface area contributed by atoms with Gasteiger partial charge in [-0.3, -0.25) is 4.55 Å². The van der Waals surface area contributed by atoms with E-state index in [1.165, 1.54) is 12.1 Å². The molecule has 1 aromatic heterocycles. The zero-order chi connectivity index (χ0) is 15.0. The van der Waals surface area contributed by atoms with Gasteiger partial charge in [0.05, 0.1) is 10.4 Å². The standard InChI is InChI=1S/C14H17N3O3S/c1-16-6-8-17(9-7-16)14-5-2-11-10-12(21(18,19)20)3-4-13(11)15-14/h2-5,10H,6-9H2,1H3,(H,18,19,20). The third kappa shape index (κ3) is 2.99. The van der Waals surface area contributed by atoms with E-state index < -0.39 is 10.1 Å². The van der Waals surface area contributed by atoms with Crippen LogP contribution in [0.3, 0.4) is 0 Å². The van der Waals surface area contributed by atoms with Gasteiger partial charge in [0, 0.05) is 31.6 Å². The molecular formula is C14H17N3O3S. The van der Waals surface area contributed by atoms with E-state index in [1.54, 1.807) is 6.07 Å². The third-order valence-electron chi connectivity index (χ3n) is 3.77. The number of fused-ring (bicyclic) bond motifs is 1. The number of hydrogen-bond acceptors (Lipinski definition) is 5. The van der Waals surface area contributed by atoms with Crippen molar-refractivity contribution in [1.29, 1.82) is 0 Å². The van der Waals surface area contributed by atoms with Crippen molar-refractivity contribution in [1.82, 2.24) is 9.88 Å². The number of likely N-dealkylation sites (N-methyl/N-ethyl adjacent to an activating group) is 1. The summed E-state index contributed by atoms with van der Waals surface area (Å²) in [6.07, 6.45) is 0. The first-order valence-electron chi connectivity index (χ1n) is 6.75. The van der Waals surface area contributed by atoms with Crippen LogP contribution in [-0.2, 0) is 10.1 Å². The molecule has 0 unspecified atom stereocenters. The summed E-state index contributed by atoms with van der Waals surface area (Å²) in [4.78, 5) is 8.96. The first kappa shape index (κ1) is 14.2. The number of nitrogens with zero attached hydrogens (tertiary/aromatic N) is 3. The summed E-state index contributed by atoms with van der Waals surface area (Å²) >= 11 is 0. The summed E-state index contributed by atoms with van der Waals surface area (Å²) in [5.74, 6) is 0.898. The Morgan fingerprint density at radius 1 is 1.10 bits per heavy atom. The van der Waals surface area contributed by atoms with Gasteiger partial charge in [0.1, 0.15) is 5.82 Å². The van der Waals surface area contributed by atoms with Crippen LogP contribution >= 0.6 is 0 Å². The van der Waals surface area contributed by atoms with E-state index in [0.29, 0.717) is 5.39 Å². The number of rotatable bonds is 2. The van der Waals surface area contributed by atoms with Crippen LogP contribution in [0.5, 0.6) is 0 Å². The summed E-state index contributed by atoms with van der Waals surface area (Å²) in [5.41, 5.74) is 0.721. The number of aromatic nitrogens is 1. The molecule has 112 valence electrons. The van der Waals surface area contributed by atoms with Gasteiger partial charge in [-0.2, -0.15) is 8.42 Å². The molecule has 1 saturated heterocycles. The lowest BCUT2D eigenvalue weighted by atomic mass is 10.2. The number of anilines is 1. The highest BCUT2D eigenvalue weighted by molar-refractivity contribution is 7.85. The second kappa shape index (κ2) is 5.25. The molecule has 0 aliphatic carbocycles. The fraction of sp³-hybridized carbons (Fsp3) is 0.357. The Hall–Kier alpha value is -1.70. The molecule has 21 heavy (non-hydrogen) atoms. The van der Waals surface area contributed by atoms with E-state index in [9.17, 15) is 8.42 Å². The number of piperazine rings is 1. The highest BCUT2D eigenvalue weighted by Crippen LogP contribution is 2.22. The van der Waals surface area contributed by atoms with Crippen molar-refractivity contribution >= 4 is 26.8 Å². The van der Waals surface area contributed by atoms with Gasteiger partial charge in [0.15, 0.2) is 0 Å². The maximum atomic E-state index is 11.1. The average Bonchev–Trinajstić information content (AvgIpc) is 2.46. The second-order valence-corrected chi connectivity index (χ2v) is 6.71. The number of hydrogen-bond donors (Lipinski definition) is 1. The van der Waals surface area contributed by atoms with Crippen LogP contribution in [0.2, 0.25) is 0 Å². The van der Waals surface area contributed by atoms with Gasteiger partial charge in [-0.1, -0.05) is 0 Å². The zero-order valence-corrected chi connectivity index (χ0v) is 12.5. The van der Waals surface area contributed by atoms with E-state index in [4.69, 9.17) is 4.55 Å². The van der Waals surface area contributed by atoms with E-state index in [2.05, 4.69) is 21.8 Å². The first-order valence-corrected chi connectivity index (χ1v) is 8.19. The predicted octanol–water partition coefficient (Wildman–Crippen LogP) is 1.23. The smallest absolute Gasteiger partial charge is 0.294 e. The lowest BCUT2D eigenvalue weighted by Gasteiger charge is -2.33. The molecule has 0 atom stereocenters. The SMILES string of the molecule is CN1CCN(c2ccc3cc(S(=O)(=O)O)ccc3n2)CC1. The largest absolute Gasteiger partial charge is 0.354 e. The van der Waals surface area contributed by atoms with Gasteiger partial charge in [0.2, 0.25) is 0 Å². The van der Waals surface area contributed by atoms with Crippen LogP contribution in [-0.4, -0.2) is 56.1 Å². The van der Waals surface area contributed by atoms with E-state index in [1.807, 2.05) is 12.1 Å². The third-order valence-corrected chi connectivity index (χ3v) is 4.62. The Labute approximate surface area is 123 Å². The summed E-state index contributed by atoms with van der Waals surface area (Å²) in [7, 11) is -2.08. The monoisotopic (exact) mass is 307 g/mol. The molecule has 1 N–H and O–H groups in total. The van der Waals surface area contributed by atoms with Crippen LogP contribution < -0.4 is 4.90 Å². The van der Waals surface area contributed by atoms with Crippen molar-refractivity contribution < 1.29 is 13.0 Å². The average molecular weight is 307 g/mol. The normalized spacial score (nSPS) is 17.3. The van der Waals surface area contributed by atoms with E-state index in [0.717, 1.165) is 37.5 Å². The second-order valence-electron chi connectivity index (χ2n) is 5.29. The Bertz CT molecular complexity index is 768. The minimum atomic E-state index is -4.17. The molecule has 6 nitrogen and oxygen atoms in total. The summed E-state index contributed by atoms with van der Waals surface area (Å²) in [6.45, 7) is 3.86. The molecule has 0 radical (unpaired) electrons. The summed E-state index contributed by atoms with van der Waals surface area (Å²) < 4.78 is 31.4. The first-order chi connectivity index (χ1) is 9.93. The number of pyridine rings is 1. The Morgan fingerprint density at radius 3 is 2.48 bits per heavy atom. The lowest BCUT2D eigenvalue weighted by Crippen LogP contribution is -2.44. The Kier molecular flexibility index (Phi) is 3.56. The van der Waals surface area contributed by atoms with Crippen LogP contribution in [0.25, 0.3) is 10.9 Å². The number of benzene rings is 1. The Morgan fingerprint density at radius 2 is 1.81 bits per heavy atom. The maximum absolute atomic E-state index is 11.1. The fourth-order valence-electron chi connectivity index (χ4n) is 2.47. The quantitative estimate of drug-likeness (QED) is 0.841. The van der Waals surface area contributed by atoms with Crippen molar-refractivity contribution in [3.05, 3.63) is 30.3 Å². The molecule has 1 fully saturated rings. The zero-order valence-electron chi connectivity index (χ0n) is 11.7. The van der Waals surface area contributed by atoms with Crippen LogP contribution in [0.15, 0.2) is 35.2 Å². The molecule has 3 rings (SSSR count). The van der Waals surface area contributed by atoms with Crippen LogP contribution in [0, 0.1) is 0 Å². The molecule has 0 saturated carbocycles. The van der Waals surface area contributed by atoms with Gasteiger partial charge in [0.25, 0.3) is 10.1 Å². The van der Waals surface area contributed by atoms with Crippen molar-refractivity contribution in [3.63, 3.8) is 0 Å². The predicted molar refractivity (Wildman–Crippen MR) is 81.3 cm³/mol. The molecule has 1 aliphatic rings. The van der Waals surface area contributed by atoms with Gasteiger partial charge < -0.3 is 9.80 Å². The van der Waals surface area contributed by atoms with Gasteiger partial charge in [-0.05, 0) is 37.4 Å². The molecular weight excluding hydrogens is 290 g/mol. The molecule has 1 aliphatic heterocycles. The van der Waals surface area contributed by atoms with E-state index >= 15 is 0 Å². The van der Waals surface area contributed by atoms with Crippen molar-refractivity contribution in [2.75, 3.05) is 38.1 Å². The lowest BCUT2D eigenvalue weighted by molar-refractivity contribution is 0.312. The molecule has 1 aromatic carbocycles. The highest BCUT2D eigenvalue weighted by Gasteiger charge is 2.16. The molecule has 0 bridgehead atoms. The molecule has 2 heterocycles. The van der Waals surface area contributed by atoms with Crippen molar-refractivity contribution in [2.24, 2.45) is 0 Å². The van der Waals surface area contributed by atoms with Crippen LogP contribution in [0.4, 0.5) is 5.82 Å². The van der Waals surface area contributed by atoms with Crippen LogP contribution in [0.1, 0.15) is 0 Å². The Balaban J connectivity index is 1.94. The van der Waals surface area contributed by atoms with Gasteiger partial charge in [-0.15, -0.1) is 0 Å². The highest BCUT2D eigenvalue weighted by atomic mass is 32.2. The van der Waals surface area contributed by atoms with Gasteiger partial charge >= 0.3 is 0 Å². The minimum absolute atomic E-state index is 0.107. The molecule has 0 spiro atoms. The van der Waals surface area contributed by atoms with E-state index in [-0.39, 0.29) is 4.90 Å². The summed E-state index contributed by atoms with van der Waals surface area (Å²) in [6, 6.07) is 8.16. The maximum Gasteiger partial charge on any atom is 0.294 e. The topological polar surface area (TPSA) is 73.7 Å². The molecule has 0 amide bonds. The molecule has 7 heteroatoms. The summed E-state index contributed by atoms with van der Waals surface area (Å²) in [5, 5.41) is 0.697. The minimum Gasteiger partial charge on any atom is -0.354 e. The van der Waals surface area contributed by atoms with Crippen molar-refractivity contribution in [3.8, 4) is 0 Å².